The van der Waals surface area contributed by atoms with E-state index in [1.165, 1.54) is 16.7 Å². The predicted octanol–water partition coefficient (Wildman–Crippen LogP) is 6.73. The van der Waals surface area contributed by atoms with Crippen LogP contribution in [0.1, 0.15) is 18.1 Å². The van der Waals surface area contributed by atoms with Crippen molar-refractivity contribution in [3.05, 3.63) is 88.8 Å². The molecule has 0 saturated carbocycles. The van der Waals surface area contributed by atoms with Crippen LogP contribution >= 0.6 is 0 Å². The van der Waals surface area contributed by atoms with E-state index in [0.29, 0.717) is 0 Å². The number of benzene rings is 2. The maximum Gasteiger partial charge on any atom is 0.156 e. The average molecular weight is 375 g/mol. The molecule has 2 aromatic rings. The number of rotatable bonds is 4. The first-order chi connectivity index (χ1) is 12.2. The third kappa shape index (κ3) is 6.67. The SMILES string of the molecule is CC(=C\[Si](C)(C)C)/C(=C/[Si](C)(C)C#Cc1ccccc1)c1ccccc1. The van der Waals surface area contributed by atoms with E-state index < -0.39 is 16.1 Å². The maximum atomic E-state index is 3.59. The summed E-state index contributed by atoms with van der Waals surface area (Å²) in [7, 11) is -3.10. The molecule has 0 bridgehead atoms. The Morgan fingerprint density at radius 2 is 1.31 bits per heavy atom. The monoisotopic (exact) mass is 374 g/mol. The fourth-order valence-electron chi connectivity index (χ4n) is 2.92. The highest BCUT2D eigenvalue weighted by Gasteiger charge is 2.19. The van der Waals surface area contributed by atoms with Crippen molar-refractivity contribution in [3.8, 4) is 11.5 Å². The summed E-state index contributed by atoms with van der Waals surface area (Å²) < 4.78 is 0. The minimum absolute atomic E-state index is 1.09. The van der Waals surface area contributed by atoms with Gasteiger partial charge < -0.3 is 0 Å². The van der Waals surface area contributed by atoms with Crippen LogP contribution in [0.5, 0.6) is 0 Å². The third-order valence-electron chi connectivity index (χ3n) is 3.97. The summed E-state index contributed by atoms with van der Waals surface area (Å²) in [5.41, 5.74) is 13.7. The molecule has 0 spiro atoms. The molecule has 0 aliphatic heterocycles. The maximum absolute atomic E-state index is 3.59. The minimum atomic E-state index is -1.82. The molecule has 0 N–H and O–H groups in total. The Balaban J connectivity index is 2.47. The van der Waals surface area contributed by atoms with Crippen LogP contribution in [-0.4, -0.2) is 16.1 Å². The van der Waals surface area contributed by atoms with Crippen molar-refractivity contribution in [1.29, 1.82) is 0 Å². The number of allylic oxidation sites excluding steroid dienone is 2. The molecule has 0 saturated heterocycles. The van der Waals surface area contributed by atoms with Crippen molar-refractivity contribution >= 4 is 21.7 Å². The Kier molecular flexibility index (Phi) is 6.64. The van der Waals surface area contributed by atoms with Gasteiger partial charge in [0.2, 0.25) is 0 Å². The molecule has 0 aliphatic carbocycles. The lowest BCUT2D eigenvalue weighted by Gasteiger charge is -2.18. The van der Waals surface area contributed by atoms with Gasteiger partial charge in [0, 0.05) is 5.56 Å². The van der Waals surface area contributed by atoms with Gasteiger partial charge in [0.25, 0.3) is 0 Å². The second-order valence-corrected chi connectivity index (χ2v) is 17.5. The summed E-state index contributed by atoms with van der Waals surface area (Å²) in [4.78, 5) is 0. The Labute approximate surface area is 161 Å². The molecule has 0 aliphatic rings. The number of hydrogen-bond acceptors (Lipinski definition) is 0. The first-order valence-electron chi connectivity index (χ1n) is 9.23. The molecule has 2 heteroatoms. The van der Waals surface area contributed by atoms with Gasteiger partial charge in [0.15, 0.2) is 8.07 Å². The molecule has 0 aromatic heterocycles. The molecule has 2 aromatic carbocycles. The van der Waals surface area contributed by atoms with Gasteiger partial charge in [-0.25, -0.2) is 0 Å². The highest BCUT2D eigenvalue weighted by molar-refractivity contribution is 6.90. The second-order valence-electron chi connectivity index (χ2n) is 8.46. The molecular weight excluding hydrogens is 344 g/mol. The lowest BCUT2D eigenvalue weighted by atomic mass is 10.0. The van der Waals surface area contributed by atoms with E-state index in [2.05, 4.69) is 105 Å². The average Bonchev–Trinajstić information content (AvgIpc) is 2.58. The van der Waals surface area contributed by atoms with Crippen LogP contribution in [0.15, 0.2) is 77.6 Å². The molecule has 0 amide bonds. The molecule has 0 atom stereocenters. The normalized spacial score (nSPS) is 13.2. The van der Waals surface area contributed by atoms with E-state index in [-0.39, 0.29) is 0 Å². The zero-order valence-corrected chi connectivity index (χ0v) is 18.9. The van der Waals surface area contributed by atoms with Crippen molar-refractivity contribution in [1.82, 2.24) is 0 Å². The molecule has 0 heterocycles. The van der Waals surface area contributed by atoms with Gasteiger partial charge in [0.1, 0.15) is 0 Å². The highest BCUT2D eigenvalue weighted by atomic mass is 28.3. The van der Waals surface area contributed by atoms with Gasteiger partial charge in [-0.2, -0.15) is 0 Å². The summed E-state index contributed by atoms with van der Waals surface area (Å²) in [6, 6.07) is 21.0. The Hall–Kier alpha value is -2.09. The Morgan fingerprint density at radius 1 is 0.769 bits per heavy atom. The van der Waals surface area contributed by atoms with Gasteiger partial charge in [-0.15, -0.1) is 5.54 Å². The van der Waals surface area contributed by atoms with Crippen molar-refractivity contribution in [3.63, 3.8) is 0 Å². The summed E-state index contributed by atoms with van der Waals surface area (Å²) in [5.74, 6) is 3.39. The van der Waals surface area contributed by atoms with Crippen LogP contribution in [-0.2, 0) is 0 Å². The molecule has 0 radical (unpaired) electrons. The molecule has 134 valence electrons. The summed E-state index contributed by atoms with van der Waals surface area (Å²) in [6.45, 7) is 14.1. The van der Waals surface area contributed by atoms with Gasteiger partial charge >= 0.3 is 0 Å². The summed E-state index contributed by atoms with van der Waals surface area (Å²) >= 11 is 0. The van der Waals surface area contributed by atoms with Gasteiger partial charge in [-0.3, -0.25) is 0 Å². The van der Waals surface area contributed by atoms with Crippen LogP contribution in [0.2, 0.25) is 32.7 Å². The predicted molar refractivity (Wildman–Crippen MR) is 122 cm³/mol. The molecular formula is C24H30Si2. The molecule has 0 nitrogen and oxygen atoms in total. The smallest absolute Gasteiger partial charge is 0.121 e. The first kappa shape index (κ1) is 20.2. The summed E-state index contributed by atoms with van der Waals surface area (Å²) in [5, 5.41) is 0. The molecule has 2 rings (SSSR count). The van der Waals surface area contributed by atoms with E-state index in [1.807, 2.05) is 18.2 Å². The van der Waals surface area contributed by atoms with E-state index in [4.69, 9.17) is 0 Å². The van der Waals surface area contributed by atoms with Crippen LogP contribution in [0.3, 0.4) is 0 Å². The van der Waals surface area contributed by atoms with Crippen molar-refractivity contribution in [2.75, 3.05) is 0 Å². The minimum Gasteiger partial charge on any atom is -0.121 e. The molecule has 0 fully saturated rings. The Bertz CT molecular complexity index is 840. The highest BCUT2D eigenvalue weighted by Crippen LogP contribution is 2.27. The van der Waals surface area contributed by atoms with E-state index in [1.54, 1.807) is 0 Å². The lowest BCUT2D eigenvalue weighted by Crippen LogP contribution is -2.22. The van der Waals surface area contributed by atoms with Crippen LogP contribution in [0.25, 0.3) is 5.57 Å². The topological polar surface area (TPSA) is 0 Å². The number of hydrogen-bond donors (Lipinski definition) is 0. The third-order valence-corrected chi connectivity index (χ3v) is 7.05. The van der Waals surface area contributed by atoms with Crippen LogP contribution < -0.4 is 0 Å². The zero-order chi connectivity index (χ0) is 19.2. The van der Waals surface area contributed by atoms with Gasteiger partial charge in [-0.05, 0) is 30.2 Å². The standard InChI is InChI=1S/C24H30Si2/c1-21(19-25(2,3)4)24(23-15-11-8-12-16-23)20-26(5,6)18-17-22-13-9-7-10-14-22/h7-16,19-20H,1-6H3/b21-19+,24-20-. The van der Waals surface area contributed by atoms with Crippen LogP contribution in [0.4, 0.5) is 0 Å². The van der Waals surface area contributed by atoms with Gasteiger partial charge in [0.05, 0.1) is 8.07 Å². The lowest BCUT2D eigenvalue weighted by molar-refractivity contribution is 1.49. The molecule has 0 unspecified atom stereocenters. The fraction of sp³-hybridized carbons (Fsp3) is 0.250. The first-order valence-corrected chi connectivity index (χ1v) is 15.9. The van der Waals surface area contributed by atoms with Crippen LogP contribution in [0, 0.1) is 11.5 Å². The van der Waals surface area contributed by atoms with Gasteiger partial charge in [-0.1, -0.05) is 104 Å². The second kappa shape index (κ2) is 8.53. The summed E-state index contributed by atoms with van der Waals surface area (Å²) in [6.07, 6.45) is 0. The van der Waals surface area contributed by atoms with E-state index in [9.17, 15) is 0 Å². The van der Waals surface area contributed by atoms with Crippen molar-refractivity contribution < 1.29 is 0 Å². The van der Waals surface area contributed by atoms with Crippen molar-refractivity contribution in [2.24, 2.45) is 0 Å². The Morgan fingerprint density at radius 3 is 1.85 bits per heavy atom. The van der Waals surface area contributed by atoms with E-state index >= 15 is 0 Å². The van der Waals surface area contributed by atoms with E-state index in [0.717, 1.165) is 5.56 Å². The molecule has 26 heavy (non-hydrogen) atoms. The largest absolute Gasteiger partial charge is 0.156 e. The van der Waals surface area contributed by atoms with Crippen molar-refractivity contribution in [2.45, 2.75) is 39.7 Å². The quantitative estimate of drug-likeness (QED) is 0.316. The fourth-order valence-corrected chi connectivity index (χ4v) is 6.03. The zero-order valence-electron chi connectivity index (χ0n) is 16.9.